The number of aryl methyl sites for hydroxylation is 2. The number of hydrogen-bond acceptors (Lipinski definition) is 44. The molecule has 0 fully saturated rings. The fourth-order valence-corrected chi connectivity index (χ4v) is 487. The van der Waals surface area contributed by atoms with Crippen LogP contribution in [-0.2, 0) is 200 Å². The summed E-state index contributed by atoms with van der Waals surface area (Å²) in [6, 6.07) is 14.2. The van der Waals surface area contributed by atoms with Crippen LogP contribution in [-0.4, -0.2) is 339 Å². The molecule has 0 aliphatic heterocycles. The molecule has 2 rings (SSSR count). The quantitative estimate of drug-likeness (QED) is 0.0337. The monoisotopic (exact) mass is 2250 g/mol. The van der Waals surface area contributed by atoms with Crippen molar-refractivity contribution in [2.24, 2.45) is 0 Å². The van der Waals surface area contributed by atoms with Crippen molar-refractivity contribution >= 4 is 332 Å². The molecule has 584 valence electrons. The summed E-state index contributed by atoms with van der Waals surface area (Å²) in [5.74, 6) is 0.249. The maximum atomic E-state index is 13.4. The van der Waals surface area contributed by atoms with E-state index in [-0.39, 0.29) is 24.6 Å². The minimum atomic E-state index is -4.88. The average Bonchev–Trinajstić information content (AvgIpc) is 0.819. The molecule has 0 N–H and O–H groups in total. The minimum absolute atomic E-state index is 0.140. The number of esters is 1. The van der Waals surface area contributed by atoms with Crippen LogP contribution in [0, 0.1) is 0 Å². The minimum Gasteiger partial charge on any atom is -0.558 e. The number of para-hydroxylation sites is 2. The van der Waals surface area contributed by atoms with Gasteiger partial charge in [0, 0.05) is 6.92 Å². The standard InChI is InChI=1S/C27H44O44Si42/c1-23(28)69-27-20-12-10-16-25(27)18-14-22-112(5,6)110(67)109(66)108(65)107(64)106(63)105(62)104(61)103(60)102(59)101(58)100(57)99(56)98(55)97(54)96(53)95(52)94(51)93(50)92(49)91(48)90(47)89(46)88(45)87(44)86(43)85(42)84(41)83(40)82(39)81(38)80(37)79(36)78(35)77(34)76(33)75(32)74(31)73(30)72(29)70-113(7,8)71-111(3,4)21-13-17-24-15-9-11-19-26(24)68-2/h9-12,15-16,19-20H,13-14,17-18,21-22H2,1-8H3. The van der Waals surface area contributed by atoms with E-state index in [0.29, 0.717) is 30.2 Å². The second-order valence-electron chi connectivity index (χ2n) is 23.8. The lowest BCUT2D eigenvalue weighted by atomic mass is 10.1. The van der Waals surface area contributed by atoms with Crippen LogP contribution in [0.5, 0.6) is 11.5 Å². The summed E-state index contributed by atoms with van der Waals surface area (Å²) in [6.45, 7) is 10.5. The highest BCUT2D eigenvalue weighted by Gasteiger charge is 2.61. The van der Waals surface area contributed by atoms with Gasteiger partial charge in [0.2, 0.25) is 0 Å². The molecule has 2 aromatic carbocycles. The molecule has 0 aliphatic carbocycles. The van der Waals surface area contributed by atoms with Gasteiger partial charge in [-0.1, -0.05) is 62.0 Å². The zero-order chi connectivity index (χ0) is 87.6. The molecule has 0 radical (unpaired) electrons. The zero-order valence-corrected chi connectivity index (χ0v) is 100. The molecule has 0 amide bonds. The summed E-state index contributed by atoms with van der Waals surface area (Å²) >= 11 is 0. The summed E-state index contributed by atoms with van der Waals surface area (Å²) in [4.78, 5) is 11.5. The van der Waals surface area contributed by atoms with Crippen LogP contribution in [0.3, 0.4) is 0 Å². The summed E-state index contributed by atoms with van der Waals surface area (Å²) < 4.78 is 530. The van der Waals surface area contributed by atoms with Gasteiger partial charge in [-0.2, -0.15) is 0 Å². The van der Waals surface area contributed by atoms with Gasteiger partial charge < -0.3 is 192 Å². The van der Waals surface area contributed by atoms with Gasteiger partial charge in [0.15, 0.2) is 8.32 Å². The van der Waals surface area contributed by atoms with E-state index in [2.05, 4.69) is 0 Å². The van der Waals surface area contributed by atoms with E-state index >= 15 is 0 Å². The molecule has 0 aromatic heterocycles. The molecule has 86 heteroatoms. The molecular formula is C27H44O44Si42. The SMILES string of the molecule is COc1ccccc1CCC[Si](C)(C)O[Si](C)(C)O[Si](=O)[Si](=O)[Si](=O)[Si](=O)[Si](=O)[Si](=O)[Si](=O)[Si](=O)[Si](=O)[Si](=O)[Si](=O)[Si](=O)[Si](=O)[Si](=O)[Si](=O)[Si](=O)[Si](=O)[Si](=O)[Si](=O)[Si](=O)[Si](=O)[Si](=O)[Si](=O)[Si](=O)[Si](=O)[Si](=O)[Si](=O)[Si](=O)[Si](=O)[Si](=O)[Si](=O)[Si](=O)[Si](=O)[Si](=O)[Si](=O)[Si](=O)[Si](=O)[Si](=O)[Si](=O)[Si](C)(C)CCCc1ccccc1OC(C)=O. The van der Waals surface area contributed by atoms with E-state index in [1.165, 1.54) is 39.4 Å². The lowest BCUT2D eigenvalue weighted by Gasteiger charge is -2.33. The maximum Gasteiger partial charge on any atom is 0.533 e. The first-order valence-electron chi connectivity index (χ1n) is 30.3. The predicted molar refractivity (Wildman–Crippen MR) is 403 cm³/mol. The molecule has 113 heavy (non-hydrogen) atoms. The Balaban J connectivity index is 2.06. The molecular weight excluding hydrogens is 2210 g/mol. The van der Waals surface area contributed by atoms with Gasteiger partial charge in [-0.25, -0.2) is 0 Å². The number of ether oxygens (including phenoxy) is 2. The van der Waals surface area contributed by atoms with Crippen LogP contribution >= 0.6 is 0 Å². The van der Waals surface area contributed by atoms with Crippen molar-refractivity contribution in [3.05, 3.63) is 59.7 Å². The Morgan fingerprint density at radius 1 is 0.283 bits per heavy atom. The van der Waals surface area contributed by atoms with Crippen LogP contribution in [0.15, 0.2) is 48.5 Å². The van der Waals surface area contributed by atoms with Crippen molar-refractivity contribution in [3.8, 4) is 11.5 Å². The van der Waals surface area contributed by atoms with Crippen LogP contribution < -0.4 is 9.47 Å². The van der Waals surface area contributed by atoms with Gasteiger partial charge >= 0.3 is 316 Å². The maximum absolute atomic E-state index is 13.4. The lowest BCUT2D eigenvalue weighted by Crippen LogP contribution is -2.58. The van der Waals surface area contributed by atoms with Crippen molar-refractivity contribution < 1.29 is 197 Å². The summed E-state index contributed by atoms with van der Waals surface area (Å²) in [7, 11) is -188. The van der Waals surface area contributed by atoms with Crippen molar-refractivity contribution in [2.45, 2.75) is 84.0 Å². The fourth-order valence-electron chi connectivity index (χ4n) is 8.53. The van der Waals surface area contributed by atoms with Crippen LogP contribution in [0.1, 0.15) is 30.9 Å². The van der Waals surface area contributed by atoms with Gasteiger partial charge in [-0.05, 0) is 74.8 Å². The van der Waals surface area contributed by atoms with E-state index in [9.17, 15) is 179 Å². The third-order valence-corrected chi connectivity index (χ3v) is 336. The molecule has 0 unspecified atom stereocenters. The molecule has 0 aliphatic rings. The Hall–Kier alpha value is -1.22. The van der Waals surface area contributed by atoms with Crippen molar-refractivity contribution in [3.63, 3.8) is 0 Å². The summed E-state index contributed by atoms with van der Waals surface area (Å²) in [5, 5.41) is 0. The van der Waals surface area contributed by atoms with Crippen molar-refractivity contribution in [1.82, 2.24) is 0 Å². The van der Waals surface area contributed by atoms with Gasteiger partial charge in [0.1, 0.15) is 19.1 Å². The van der Waals surface area contributed by atoms with E-state index in [1.54, 1.807) is 43.4 Å². The topological polar surface area (TPSA) is 720 Å². The highest BCUT2D eigenvalue weighted by molar-refractivity contribution is 7.86. The average molecular weight is 2250 g/mol. The van der Waals surface area contributed by atoms with E-state index in [4.69, 9.17) is 17.7 Å². The molecule has 0 heterocycles. The largest absolute Gasteiger partial charge is 0.558 e. The van der Waals surface area contributed by atoms with Crippen molar-refractivity contribution in [1.29, 1.82) is 0 Å². The molecule has 0 saturated heterocycles. The summed E-state index contributed by atoms with van der Waals surface area (Å²) in [5.41, 5.74) is 1.47. The Bertz CT molecular complexity index is 5130. The normalized spacial score (nSPS) is 10.7. The first kappa shape index (κ1) is 108. The van der Waals surface area contributed by atoms with E-state index in [0.717, 1.165) is 12.5 Å². The molecule has 0 bridgehead atoms. The van der Waals surface area contributed by atoms with E-state index < -0.39 is 332 Å². The number of hydrogen-bond donors (Lipinski definition) is 0. The zero-order valence-electron chi connectivity index (χ0n) is 58.3. The highest BCUT2D eigenvalue weighted by Crippen LogP contribution is 2.26. The Morgan fingerprint density at radius 3 is 0.726 bits per heavy atom. The Morgan fingerprint density at radius 2 is 0.487 bits per heavy atom. The second-order valence-corrected chi connectivity index (χ2v) is 228. The van der Waals surface area contributed by atoms with Gasteiger partial charge in [0.25, 0.3) is 0 Å². The van der Waals surface area contributed by atoms with Crippen LogP contribution in [0.2, 0.25) is 51.4 Å². The molecule has 0 saturated carbocycles. The van der Waals surface area contributed by atoms with E-state index in [1.807, 2.05) is 12.1 Å². The Kier molecular flexibility index (Phi) is 45.8. The molecule has 44 nitrogen and oxygen atoms in total. The number of carbonyl (C=O) groups excluding carboxylic acids is 1. The second kappa shape index (κ2) is 48.0. The summed E-state index contributed by atoms with van der Waals surface area (Å²) in [6.07, 6.45) is 1.69. The van der Waals surface area contributed by atoms with Crippen molar-refractivity contribution in [2.75, 3.05) is 7.11 Å². The van der Waals surface area contributed by atoms with Crippen LogP contribution in [0.25, 0.3) is 0 Å². The van der Waals surface area contributed by atoms with Gasteiger partial charge in [-0.3, -0.25) is 4.79 Å². The third-order valence-electron chi connectivity index (χ3n) is 14.2. The number of benzene rings is 2. The number of rotatable bonds is 53. The van der Waals surface area contributed by atoms with Crippen LogP contribution in [0.4, 0.5) is 0 Å². The molecule has 0 atom stereocenters. The van der Waals surface area contributed by atoms with Gasteiger partial charge in [0.05, 0.1) is 7.11 Å². The lowest BCUT2D eigenvalue weighted by molar-refractivity contribution is -0.132. The first-order chi connectivity index (χ1) is 51.9. The smallest absolute Gasteiger partial charge is 0.533 e. The fraction of sp³-hybridized carbons (Fsp3) is 0.519. The Labute approximate surface area is 683 Å². The van der Waals surface area contributed by atoms with Gasteiger partial charge in [-0.15, -0.1) is 0 Å². The number of methoxy groups -OCH3 is 1. The highest BCUT2D eigenvalue weighted by atomic mass is 30.2. The third kappa shape index (κ3) is 29.8. The molecule has 2 aromatic rings. The first-order valence-corrected chi connectivity index (χ1v) is 133. The molecule has 0 spiro atoms. The predicted octanol–water partition coefficient (Wildman–Crippen LogP) is -12.2. The number of carbonyl (C=O) groups is 1.